The standard InChI is InChI=1S/C24H21FIN3O4/c25-17-6-8-18(9-7-17)32-14-21(30)33-13-19-20(26)12-27-23-22(19)24(31)29(15-28-23)11-10-16-4-2-1-3-5-16/h1-9,12H,10-11,13-15H2,(H,27,28). The zero-order valence-corrected chi connectivity index (χ0v) is 19.7. The molecule has 4 rings (SSSR count). The molecule has 1 N–H and O–H groups in total. The SMILES string of the molecule is O=C(COc1ccc(F)cc1)OCc1c(I)cnc2c1C(=O)N(CCc1ccccc1)CN2. The van der Waals surface area contributed by atoms with Gasteiger partial charge in [-0.2, -0.15) is 0 Å². The van der Waals surface area contributed by atoms with Gasteiger partial charge in [0.25, 0.3) is 5.91 Å². The van der Waals surface area contributed by atoms with E-state index >= 15 is 0 Å². The van der Waals surface area contributed by atoms with E-state index in [0.29, 0.717) is 35.9 Å². The number of ether oxygens (including phenoxy) is 2. The molecule has 0 spiro atoms. The predicted molar refractivity (Wildman–Crippen MR) is 128 cm³/mol. The Hall–Kier alpha value is -3.21. The summed E-state index contributed by atoms with van der Waals surface area (Å²) in [5.41, 5.74) is 2.15. The average molecular weight is 561 g/mol. The number of halogens is 2. The van der Waals surface area contributed by atoms with Crippen molar-refractivity contribution in [2.45, 2.75) is 13.0 Å². The number of aromatic nitrogens is 1. The van der Waals surface area contributed by atoms with Crippen LogP contribution in [0.3, 0.4) is 0 Å². The Balaban J connectivity index is 1.40. The summed E-state index contributed by atoms with van der Waals surface area (Å²) < 4.78 is 24.4. The molecule has 33 heavy (non-hydrogen) atoms. The van der Waals surface area contributed by atoms with Crippen LogP contribution in [0.25, 0.3) is 0 Å². The monoisotopic (exact) mass is 561 g/mol. The number of amides is 1. The molecule has 0 bridgehead atoms. The van der Waals surface area contributed by atoms with E-state index in [-0.39, 0.29) is 19.1 Å². The molecule has 3 aromatic rings. The minimum absolute atomic E-state index is 0.0886. The molecule has 2 aromatic carbocycles. The summed E-state index contributed by atoms with van der Waals surface area (Å²) in [6, 6.07) is 15.3. The molecular formula is C24H21FIN3O4. The van der Waals surface area contributed by atoms with Crippen LogP contribution in [0.5, 0.6) is 5.75 Å². The van der Waals surface area contributed by atoms with Crippen LogP contribution >= 0.6 is 22.6 Å². The highest BCUT2D eigenvalue weighted by Crippen LogP contribution is 2.28. The lowest BCUT2D eigenvalue weighted by Crippen LogP contribution is -2.42. The average Bonchev–Trinajstić information content (AvgIpc) is 2.83. The third-order valence-corrected chi connectivity index (χ3v) is 6.06. The molecule has 0 unspecified atom stereocenters. The van der Waals surface area contributed by atoms with E-state index in [4.69, 9.17) is 9.47 Å². The number of carbonyl (C=O) groups excluding carboxylic acids is 2. The summed E-state index contributed by atoms with van der Waals surface area (Å²) in [5, 5.41) is 3.18. The zero-order chi connectivity index (χ0) is 23.2. The van der Waals surface area contributed by atoms with Crippen molar-refractivity contribution in [3.8, 4) is 5.75 Å². The fraction of sp³-hybridized carbons (Fsp3) is 0.208. The van der Waals surface area contributed by atoms with Gasteiger partial charge in [0, 0.05) is 21.9 Å². The summed E-state index contributed by atoms with van der Waals surface area (Å²) in [7, 11) is 0. The van der Waals surface area contributed by atoms with Gasteiger partial charge in [0.2, 0.25) is 0 Å². The molecule has 0 radical (unpaired) electrons. The van der Waals surface area contributed by atoms with Crippen LogP contribution < -0.4 is 10.1 Å². The quantitative estimate of drug-likeness (QED) is 0.331. The molecule has 0 aliphatic carbocycles. The molecule has 170 valence electrons. The first-order valence-corrected chi connectivity index (χ1v) is 11.4. The minimum atomic E-state index is -0.599. The Bertz CT molecular complexity index is 1140. The van der Waals surface area contributed by atoms with Crippen LogP contribution in [0.2, 0.25) is 0 Å². The smallest absolute Gasteiger partial charge is 0.344 e. The van der Waals surface area contributed by atoms with Crippen molar-refractivity contribution < 1.29 is 23.5 Å². The molecule has 9 heteroatoms. The molecule has 2 heterocycles. The lowest BCUT2D eigenvalue weighted by molar-refractivity contribution is -0.147. The lowest BCUT2D eigenvalue weighted by atomic mass is 10.1. The Labute approximate surface area is 204 Å². The fourth-order valence-corrected chi connectivity index (χ4v) is 3.95. The van der Waals surface area contributed by atoms with Crippen molar-refractivity contribution in [3.63, 3.8) is 0 Å². The molecule has 0 saturated heterocycles. The summed E-state index contributed by atoms with van der Waals surface area (Å²) >= 11 is 2.08. The Morgan fingerprint density at radius 1 is 1.15 bits per heavy atom. The van der Waals surface area contributed by atoms with Gasteiger partial charge >= 0.3 is 5.97 Å². The normalized spacial score (nSPS) is 12.7. The van der Waals surface area contributed by atoms with Gasteiger partial charge in [-0.05, 0) is 58.8 Å². The van der Waals surface area contributed by atoms with Crippen molar-refractivity contribution in [2.24, 2.45) is 0 Å². The number of hydrogen-bond acceptors (Lipinski definition) is 6. The number of anilines is 1. The first-order chi connectivity index (χ1) is 16.0. The van der Waals surface area contributed by atoms with E-state index in [1.54, 1.807) is 11.1 Å². The van der Waals surface area contributed by atoms with Crippen LogP contribution in [0, 0.1) is 9.39 Å². The maximum Gasteiger partial charge on any atom is 0.344 e. The number of esters is 1. The number of rotatable bonds is 8. The molecule has 1 aliphatic rings. The Morgan fingerprint density at radius 3 is 2.67 bits per heavy atom. The number of carbonyl (C=O) groups is 2. The second-order valence-electron chi connectivity index (χ2n) is 7.35. The summed E-state index contributed by atoms with van der Waals surface area (Å²) in [6.45, 7) is 0.488. The van der Waals surface area contributed by atoms with Crippen LogP contribution in [0.4, 0.5) is 10.2 Å². The highest BCUT2D eigenvalue weighted by Gasteiger charge is 2.29. The third-order valence-electron chi connectivity index (χ3n) is 5.13. The summed E-state index contributed by atoms with van der Waals surface area (Å²) in [6.07, 6.45) is 2.36. The van der Waals surface area contributed by atoms with Gasteiger partial charge in [-0.1, -0.05) is 30.3 Å². The Kier molecular flexibility index (Phi) is 7.38. The second kappa shape index (κ2) is 10.6. The van der Waals surface area contributed by atoms with Crippen LogP contribution in [0.15, 0.2) is 60.8 Å². The van der Waals surface area contributed by atoms with Gasteiger partial charge in [0.05, 0.1) is 12.2 Å². The van der Waals surface area contributed by atoms with Gasteiger partial charge < -0.3 is 19.7 Å². The molecule has 7 nitrogen and oxygen atoms in total. The Morgan fingerprint density at radius 2 is 1.91 bits per heavy atom. The zero-order valence-electron chi connectivity index (χ0n) is 17.6. The number of nitrogens with zero attached hydrogens (tertiary/aromatic N) is 2. The molecule has 1 amide bonds. The molecule has 0 fully saturated rings. The van der Waals surface area contributed by atoms with Crippen molar-refractivity contribution in [3.05, 3.63) is 86.9 Å². The van der Waals surface area contributed by atoms with Crippen LogP contribution in [0.1, 0.15) is 21.5 Å². The number of benzene rings is 2. The first kappa shape index (κ1) is 23.0. The molecule has 1 aliphatic heterocycles. The minimum Gasteiger partial charge on any atom is -0.482 e. The number of nitrogens with one attached hydrogen (secondary N) is 1. The number of fused-ring (bicyclic) bond motifs is 1. The van der Waals surface area contributed by atoms with Crippen molar-refractivity contribution in [1.82, 2.24) is 9.88 Å². The topological polar surface area (TPSA) is 80.8 Å². The van der Waals surface area contributed by atoms with Gasteiger partial charge in [0.1, 0.15) is 24.0 Å². The van der Waals surface area contributed by atoms with Crippen molar-refractivity contribution in [2.75, 3.05) is 25.1 Å². The van der Waals surface area contributed by atoms with E-state index in [2.05, 4.69) is 32.9 Å². The molecule has 0 saturated carbocycles. The maximum atomic E-state index is 13.2. The van der Waals surface area contributed by atoms with Crippen LogP contribution in [-0.2, 0) is 22.6 Å². The van der Waals surface area contributed by atoms with Crippen LogP contribution in [-0.4, -0.2) is 41.6 Å². The van der Waals surface area contributed by atoms with E-state index in [9.17, 15) is 14.0 Å². The second-order valence-corrected chi connectivity index (χ2v) is 8.51. The van der Waals surface area contributed by atoms with E-state index < -0.39 is 11.8 Å². The molecular weight excluding hydrogens is 540 g/mol. The van der Waals surface area contributed by atoms with E-state index in [1.807, 2.05) is 30.3 Å². The van der Waals surface area contributed by atoms with Gasteiger partial charge in [-0.25, -0.2) is 14.2 Å². The number of hydrogen-bond donors (Lipinski definition) is 1. The van der Waals surface area contributed by atoms with Gasteiger partial charge in [-0.15, -0.1) is 0 Å². The fourth-order valence-electron chi connectivity index (χ4n) is 3.39. The molecule has 1 aromatic heterocycles. The van der Waals surface area contributed by atoms with Crippen molar-refractivity contribution >= 4 is 40.3 Å². The van der Waals surface area contributed by atoms with E-state index in [1.165, 1.54) is 24.3 Å². The predicted octanol–water partition coefficient (Wildman–Crippen LogP) is 4.02. The summed E-state index contributed by atoms with van der Waals surface area (Å²) in [5.74, 6) is -0.308. The maximum absolute atomic E-state index is 13.2. The van der Waals surface area contributed by atoms with E-state index in [0.717, 1.165) is 15.6 Å². The van der Waals surface area contributed by atoms with Crippen molar-refractivity contribution in [1.29, 1.82) is 0 Å². The third kappa shape index (κ3) is 5.78. The molecule has 0 atom stereocenters. The highest BCUT2D eigenvalue weighted by atomic mass is 127. The van der Waals surface area contributed by atoms with Gasteiger partial charge in [-0.3, -0.25) is 4.79 Å². The largest absolute Gasteiger partial charge is 0.482 e. The number of pyridine rings is 1. The highest BCUT2D eigenvalue weighted by molar-refractivity contribution is 14.1. The summed E-state index contributed by atoms with van der Waals surface area (Å²) in [4.78, 5) is 31.5. The van der Waals surface area contributed by atoms with Gasteiger partial charge in [0.15, 0.2) is 6.61 Å². The lowest BCUT2D eigenvalue weighted by Gasteiger charge is -2.30. The first-order valence-electron chi connectivity index (χ1n) is 10.3.